The number of carbonyl (C=O) groups excluding carboxylic acids is 1. The number of anilines is 2. The summed E-state index contributed by atoms with van der Waals surface area (Å²) in [7, 11) is 0. The van der Waals surface area contributed by atoms with Gasteiger partial charge in [-0.15, -0.1) is 0 Å². The van der Waals surface area contributed by atoms with E-state index < -0.39 is 0 Å². The minimum Gasteiger partial charge on any atom is -0.369 e. The van der Waals surface area contributed by atoms with Crippen LogP contribution in [0.3, 0.4) is 0 Å². The molecule has 25 heavy (non-hydrogen) atoms. The van der Waals surface area contributed by atoms with Gasteiger partial charge in [-0.25, -0.2) is 0 Å². The smallest absolute Gasteiger partial charge is 0.241 e. The number of hydrogen-bond donors (Lipinski definition) is 1. The fourth-order valence-electron chi connectivity index (χ4n) is 3.36. The van der Waals surface area contributed by atoms with Gasteiger partial charge in [-0.3, -0.25) is 9.69 Å². The summed E-state index contributed by atoms with van der Waals surface area (Å²) in [5.74, 6) is 0.0696. The monoisotopic (exact) mass is 337 g/mol. The minimum absolute atomic E-state index is 0.0696. The largest absolute Gasteiger partial charge is 0.369 e. The maximum Gasteiger partial charge on any atom is 0.241 e. The van der Waals surface area contributed by atoms with Crippen molar-refractivity contribution in [3.63, 3.8) is 0 Å². The van der Waals surface area contributed by atoms with Crippen LogP contribution in [-0.4, -0.2) is 43.0 Å². The maximum absolute atomic E-state index is 12.6. The van der Waals surface area contributed by atoms with Gasteiger partial charge < -0.3 is 10.2 Å². The summed E-state index contributed by atoms with van der Waals surface area (Å²) in [6, 6.07) is 16.5. The molecular formula is C21H27N3O. The van der Waals surface area contributed by atoms with Gasteiger partial charge in [-0.1, -0.05) is 35.9 Å². The number of piperazine rings is 1. The van der Waals surface area contributed by atoms with Crippen LogP contribution in [-0.2, 0) is 4.79 Å². The maximum atomic E-state index is 12.6. The number of benzene rings is 2. The molecular weight excluding hydrogens is 310 g/mol. The number of nitrogens with one attached hydrogen (secondary N) is 1. The minimum atomic E-state index is -0.126. The quantitative estimate of drug-likeness (QED) is 0.928. The molecule has 1 heterocycles. The molecule has 0 saturated carbocycles. The van der Waals surface area contributed by atoms with Crippen LogP contribution in [0.25, 0.3) is 0 Å². The number of rotatable bonds is 4. The average Bonchev–Trinajstić information content (AvgIpc) is 2.64. The molecule has 2 aromatic carbocycles. The standard InChI is InChI=1S/C21H27N3O/c1-16-9-10-20(17(2)15-16)22-21(25)18(3)23-11-13-24(14-12-23)19-7-5-4-6-8-19/h4-10,15,18H,11-14H2,1-3H3,(H,22,25)/t18-/m1/s1. The molecule has 1 aliphatic rings. The summed E-state index contributed by atoms with van der Waals surface area (Å²) in [6.45, 7) is 9.79. The molecule has 0 radical (unpaired) electrons. The molecule has 0 aromatic heterocycles. The first-order chi connectivity index (χ1) is 12.0. The van der Waals surface area contributed by atoms with Crippen molar-refractivity contribution in [3.05, 3.63) is 59.7 Å². The molecule has 0 spiro atoms. The lowest BCUT2D eigenvalue weighted by Gasteiger charge is -2.38. The number of nitrogens with zero attached hydrogens (tertiary/aromatic N) is 2. The summed E-state index contributed by atoms with van der Waals surface area (Å²) in [6.07, 6.45) is 0. The Kier molecular flexibility index (Phi) is 5.39. The Morgan fingerprint density at radius 1 is 1.00 bits per heavy atom. The van der Waals surface area contributed by atoms with E-state index in [2.05, 4.69) is 52.4 Å². The normalized spacial score (nSPS) is 16.5. The second-order valence-corrected chi connectivity index (χ2v) is 6.84. The Labute approximate surface area is 150 Å². The third kappa shape index (κ3) is 4.20. The van der Waals surface area contributed by atoms with Crippen LogP contribution < -0.4 is 10.2 Å². The molecule has 2 aromatic rings. The van der Waals surface area contributed by atoms with E-state index in [1.165, 1.54) is 11.3 Å². The van der Waals surface area contributed by atoms with Crippen molar-refractivity contribution in [2.24, 2.45) is 0 Å². The van der Waals surface area contributed by atoms with Crippen LogP contribution in [0.5, 0.6) is 0 Å². The van der Waals surface area contributed by atoms with E-state index in [1.54, 1.807) is 0 Å². The molecule has 1 N–H and O–H groups in total. The van der Waals surface area contributed by atoms with Crippen molar-refractivity contribution in [3.8, 4) is 0 Å². The van der Waals surface area contributed by atoms with Gasteiger partial charge in [0, 0.05) is 37.6 Å². The second-order valence-electron chi connectivity index (χ2n) is 6.84. The van der Waals surface area contributed by atoms with E-state index in [0.717, 1.165) is 37.4 Å². The zero-order valence-corrected chi connectivity index (χ0v) is 15.3. The lowest BCUT2D eigenvalue weighted by atomic mass is 10.1. The third-order valence-corrected chi connectivity index (χ3v) is 5.00. The Balaban J connectivity index is 1.56. The Morgan fingerprint density at radius 3 is 2.32 bits per heavy atom. The number of para-hydroxylation sites is 1. The SMILES string of the molecule is Cc1ccc(NC(=O)[C@@H](C)N2CCN(c3ccccc3)CC2)c(C)c1. The number of aryl methyl sites for hydroxylation is 2. The fraction of sp³-hybridized carbons (Fsp3) is 0.381. The van der Waals surface area contributed by atoms with Gasteiger partial charge in [0.15, 0.2) is 0 Å². The molecule has 1 fully saturated rings. The molecule has 1 atom stereocenters. The molecule has 4 nitrogen and oxygen atoms in total. The molecule has 0 unspecified atom stereocenters. The van der Waals surface area contributed by atoms with E-state index in [-0.39, 0.29) is 11.9 Å². The van der Waals surface area contributed by atoms with Crippen LogP contribution >= 0.6 is 0 Å². The van der Waals surface area contributed by atoms with Crippen molar-refractivity contribution in [1.29, 1.82) is 0 Å². The van der Waals surface area contributed by atoms with Crippen LogP contribution in [0.2, 0.25) is 0 Å². The van der Waals surface area contributed by atoms with Crippen molar-refractivity contribution in [2.45, 2.75) is 26.8 Å². The summed E-state index contributed by atoms with van der Waals surface area (Å²) >= 11 is 0. The first-order valence-corrected chi connectivity index (χ1v) is 8.97. The highest BCUT2D eigenvalue weighted by Gasteiger charge is 2.25. The number of carbonyl (C=O) groups is 1. The fourth-order valence-corrected chi connectivity index (χ4v) is 3.36. The van der Waals surface area contributed by atoms with E-state index >= 15 is 0 Å². The Bertz CT molecular complexity index is 721. The Morgan fingerprint density at radius 2 is 1.68 bits per heavy atom. The van der Waals surface area contributed by atoms with Gasteiger partial charge in [0.1, 0.15) is 0 Å². The molecule has 4 heteroatoms. The number of hydrogen-bond acceptors (Lipinski definition) is 3. The van der Waals surface area contributed by atoms with Gasteiger partial charge >= 0.3 is 0 Å². The molecule has 1 amide bonds. The molecule has 1 aliphatic heterocycles. The average molecular weight is 337 g/mol. The van der Waals surface area contributed by atoms with Crippen LogP contribution in [0, 0.1) is 13.8 Å². The van der Waals surface area contributed by atoms with Gasteiger partial charge in [0.05, 0.1) is 6.04 Å². The van der Waals surface area contributed by atoms with Crippen molar-refractivity contribution in [1.82, 2.24) is 4.90 Å². The highest BCUT2D eigenvalue weighted by Crippen LogP contribution is 2.19. The molecule has 1 saturated heterocycles. The molecule has 0 bridgehead atoms. The van der Waals surface area contributed by atoms with Crippen molar-refractivity contribution in [2.75, 3.05) is 36.4 Å². The highest BCUT2D eigenvalue weighted by atomic mass is 16.2. The summed E-state index contributed by atoms with van der Waals surface area (Å²) in [4.78, 5) is 17.3. The summed E-state index contributed by atoms with van der Waals surface area (Å²) in [5.41, 5.74) is 4.48. The van der Waals surface area contributed by atoms with E-state index in [9.17, 15) is 4.79 Å². The van der Waals surface area contributed by atoms with Crippen molar-refractivity contribution >= 4 is 17.3 Å². The van der Waals surface area contributed by atoms with Crippen LogP contribution in [0.15, 0.2) is 48.5 Å². The summed E-state index contributed by atoms with van der Waals surface area (Å²) < 4.78 is 0. The first-order valence-electron chi connectivity index (χ1n) is 8.97. The highest BCUT2D eigenvalue weighted by molar-refractivity contribution is 5.95. The van der Waals surface area contributed by atoms with E-state index in [4.69, 9.17) is 0 Å². The molecule has 132 valence electrons. The predicted octanol–water partition coefficient (Wildman–Crippen LogP) is 3.45. The third-order valence-electron chi connectivity index (χ3n) is 5.00. The molecule has 3 rings (SSSR count). The van der Waals surface area contributed by atoms with E-state index in [1.807, 2.05) is 32.0 Å². The Hall–Kier alpha value is -2.33. The lowest BCUT2D eigenvalue weighted by Crippen LogP contribution is -2.52. The lowest BCUT2D eigenvalue weighted by molar-refractivity contribution is -0.120. The zero-order valence-electron chi connectivity index (χ0n) is 15.3. The predicted molar refractivity (Wildman–Crippen MR) is 104 cm³/mol. The van der Waals surface area contributed by atoms with Crippen LogP contribution in [0.1, 0.15) is 18.1 Å². The van der Waals surface area contributed by atoms with Crippen molar-refractivity contribution < 1.29 is 4.79 Å². The summed E-state index contributed by atoms with van der Waals surface area (Å²) in [5, 5.41) is 3.08. The van der Waals surface area contributed by atoms with E-state index in [0.29, 0.717) is 0 Å². The topological polar surface area (TPSA) is 35.6 Å². The second kappa shape index (κ2) is 7.70. The van der Waals surface area contributed by atoms with Gasteiger partial charge in [0.25, 0.3) is 0 Å². The molecule has 0 aliphatic carbocycles. The van der Waals surface area contributed by atoms with Gasteiger partial charge in [-0.05, 0) is 44.5 Å². The van der Waals surface area contributed by atoms with Crippen LogP contribution in [0.4, 0.5) is 11.4 Å². The number of amides is 1. The first kappa shape index (κ1) is 17.5. The van der Waals surface area contributed by atoms with Gasteiger partial charge in [-0.2, -0.15) is 0 Å². The zero-order chi connectivity index (χ0) is 17.8. The van der Waals surface area contributed by atoms with Gasteiger partial charge in [0.2, 0.25) is 5.91 Å².